The van der Waals surface area contributed by atoms with Gasteiger partial charge < -0.3 is 19.1 Å². The van der Waals surface area contributed by atoms with E-state index in [1.807, 2.05) is 0 Å². The third kappa shape index (κ3) is 6.90. The maximum Gasteiger partial charge on any atom is 0.459 e. The fourth-order valence-electron chi connectivity index (χ4n) is 3.43. The molecule has 1 aliphatic rings. The monoisotopic (exact) mass is 543 g/mol. The highest BCUT2D eigenvalue weighted by molar-refractivity contribution is 7.71. The first kappa shape index (κ1) is 25.3. The Morgan fingerprint density at radius 2 is 2.03 bits per heavy atom. The van der Waals surface area contributed by atoms with E-state index < -0.39 is 62.5 Å². The standard InChI is InChI=1S/C23H32N3O8PS/c1-13(2)32-22(28)16(5)25-35(30,34-17-9-7-6-8-10-17)31-12-18-19(27)15(4)21(33-18)26-11-14(3)20(36)24-23(26)29/h6-11,13,15-16,18-19,21,27H,12H2,1-5H3,(H,25,30)(H,24,29,36)/t15-,16+,18+,19?,21+,35-/m1/s1/i12D2. The maximum atomic E-state index is 13.8. The van der Waals surface area contributed by atoms with Crippen LogP contribution in [0.2, 0.25) is 0 Å². The van der Waals surface area contributed by atoms with Gasteiger partial charge in [0.1, 0.15) is 28.8 Å². The predicted molar refractivity (Wildman–Crippen MR) is 134 cm³/mol. The first-order valence-electron chi connectivity index (χ1n) is 12.3. The number of nitrogens with one attached hydrogen (secondary N) is 2. The molecule has 36 heavy (non-hydrogen) atoms. The highest BCUT2D eigenvalue weighted by Gasteiger charge is 2.44. The molecule has 1 saturated heterocycles. The second-order valence-electron chi connectivity index (χ2n) is 8.72. The molecule has 1 aliphatic heterocycles. The Morgan fingerprint density at radius 3 is 2.67 bits per heavy atom. The molecular formula is C23H32N3O8PS. The van der Waals surface area contributed by atoms with Crippen LogP contribution in [-0.2, 0) is 23.4 Å². The summed E-state index contributed by atoms with van der Waals surface area (Å²) in [5.41, 5.74) is -0.0381. The molecule has 0 aliphatic carbocycles. The molecular weight excluding hydrogens is 509 g/mol. The zero-order chi connectivity index (χ0) is 28.4. The Kier molecular flexibility index (Phi) is 8.30. The van der Waals surface area contributed by atoms with E-state index in [1.165, 1.54) is 25.3 Å². The highest BCUT2D eigenvalue weighted by Crippen LogP contribution is 2.46. The van der Waals surface area contributed by atoms with Gasteiger partial charge in [-0.1, -0.05) is 37.3 Å². The van der Waals surface area contributed by atoms with Gasteiger partial charge in [-0.3, -0.25) is 18.9 Å². The van der Waals surface area contributed by atoms with Gasteiger partial charge in [0, 0.05) is 17.7 Å². The number of aromatic amines is 1. The number of benzene rings is 1. The number of aliphatic hydroxyl groups is 1. The molecule has 198 valence electrons. The van der Waals surface area contributed by atoms with Gasteiger partial charge in [-0.15, -0.1) is 0 Å². The Bertz CT molecular complexity index is 1310. The van der Waals surface area contributed by atoms with Crippen molar-refractivity contribution in [1.29, 1.82) is 0 Å². The van der Waals surface area contributed by atoms with Gasteiger partial charge in [-0.25, -0.2) is 9.36 Å². The van der Waals surface area contributed by atoms with Crippen LogP contribution in [0.4, 0.5) is 0 Å². The molecule has 0 saturated carbocycles. The van der Waals surface area contributed by atoms with Crippen molar-refractivity contribution in [2.45, 2.75) is 65.2 Å². The van der Waals surface area contributed by atoms with E-state index in [-0.39, 0.29) is 10.4 Å². The van der Waals surface area contributed by atoms with Crippen molar-refractivity contribution in [1.82, 2.24) is 14.6 Å². The van der Waals surface area contributed by atoms with Crippen LogP contribution in [0, 0.1) is 17.5 Å². The van der Waals surface area contributed by atoms with Crippen LogP contribution < -0.4 is 15.3 Å². The highest BCUT2D eigenvalue weighted by atomic mass is 32.1. The van der Waals surface area contributed by atoms with Gasteiger partial charge in [-0.2, -0.15) is 5.09 Å². The molecule has 1 aromatic heterocycles. The van der Waals surface area contributed by atoms with Gasteiger partial charge in [0.05, 0.1) is 21.5 Å². The lowest BCUT2D eigenvalue weighted by atomic mass is 10.0. The van der Waals surface area contributed by atoms with Crippen LogP contribution in [0.25, 0.3) is 0 Å². The molecule has 0 amide bonds. The van der Waals surface area contributed by atoms with E-state index in [0.717, 1.165) is 4.57 Å². The second-order valence-corrected chi connectivity index (χ2v) is 10.7. The molecule has 1 unspecified atom stereocenters. The minimum atomic E-state index is -4.64. The summed E-state index contributed by atoms with van der Waals surface area (Å²) in [6.45, 7) is 4.97. The van der Waals surface area contributed by atoms with E-state index in [4.69, 9.17) is 33.5 Å². The lowest BCUT2D eigenvalue weighted by molar-refractivity contribution is -0.149. The quantitative estimate of drug-likeness (QED) is 0.232. The number of carbonyl (C=O) groups excluding carboxylic acids is 1. The van der Waals surface area contributed by atoms with Crippen molar-refractivity contribution in [3.63, 3.8) is 0 Å². The maximum absolute atomic E-state index is 13.8. The summed E-state index contributed by atoms with van der Waals surface area (Å²) in [5, 5.41) is 13.3. The van der Waals surface area contributed by atoms with Crippen LogP contribution in [0.1, 0.15) is 42.2 Å². The minimum Gasteiger partial charge on any atom is -0.462 e. The average molecular weight is 544 g/mol. The van der Waals surface area contributed by atoms with Gasteiger partial charge in [0.15, 0.2) is 0 Å². The van der Waals surface area contributed by atoms with E-state index >= 15 is 0 Å². The fourth-order valence-corrected chi connectivity index (χ4v) is 4.93. The van der Waals surface area contributed by atoms with Crippen LogP contribution in [0.5, 0.6) is 5.75 Å². The number of esters is 1. The molecule has 0 bridgehead atoms. The minimum absolute atomic E-state index is 0.0734. The van der Waals surface area contributed by atoms with Crippen LogP contribution in [0.15, 0.2) is 41.3 Å². The van der Waals surface area contributed by atoms with Crippen LogP contribution in [0.3, 0.4) is 0 Å². The van der Waals surface area contributed by atoms with E-state index in [1.54, 1.807) is 45.9 Å². The zero-order valence-electron chi connectivity index (χ0n) is 22.5. The largest absolute Gasteiger partial charge is 0.462 e. The number of carbonyl (C=O) groups is 1. The summed E-state index contributed by atoms with van der Waals surface area (Å²) < 4.78 is 54.1. The molecule has 1 aromatic carbocycles. The predicted octanol–water partition coefficient (Wildman–Crippen LogP) is 3.24. The first-order valence-corrected chi connectivity index (χ1v) is 13.3. The third-order valence-corrected chi connectivity index (χ3v) is 7.24. The molecule has 2 aromatic rings. The summed E-state index contributed by atoms with van der Waals surface area (Å²) in [6.07, 6.45) is -3.26. The lowest BCUT2D eigenvalue weighted by Gasteiger charge is -2.25. The number of hydrogen-bond donors (Lipinski definition) is 3. The number of aliphatic hydroxyl groups excluding tert-OH is 1. The topological polar surface area (TPSA) is 141 Å². The number of hydrogen-bond acceptors (Lipinski definition) is 9. The number of rotatable bonds is 10. The van der Waals surface area contributed by atoms with Crippen LogP contribution >= 0.6 is 20.0 Å². The van der Waals surface area contributed by atoms with Crippen molar-refractivity contribution >= 4 is 25.9 Å². The molecule has 2 heterocycles. The number of nitrogens with zero attached hydrogens (tertiary/aromatic N) is 1. The van der Waals surface area contributed by atoms with Crippen LogP contribution in [-0.4, -0.2) is 51.5 Å². The van der Waals surface area contributed by atoms with Crippen molar-refractivity contribution in [2.75, 3.05) is 6.56 Å². The van der Waals surface area contributed by atoms with Crippen molar-refractivity contribution in [3.05, 3.63) is 57.2 Å². The molecule has 0 spiro atoms. The number of H-pyrrole nitrogens is 1. The molecule has 13 heteroatoms. The molecule has 3 rings (SSSR count). The molecule has 0 radical (unpaired) electrons. The van der Waals surface area contributed by atoms with Gasteiger partial charge in [0.25, 0.3) is 0 Å². The third-order valence-electron chi connectivity index (χ3n) is 5.32. The first-order chi connectivity index (χ1) is 17.6. The van der Waals surface area contributed by atoms with E-state index in [9.17, 15) is 19.3 Å². The Hall–Kier alpha value is -2.34. The molecule has 6 atom stereocenters. The van der Waals surface area contributed by atoms with E-state index in [0.29, 0.717) is 5.56 Å². The summed E-state index contributed by atoms with van der Waals surface area (Å²) in [7, 11) is -4.64. The van der Waals surface area contributed by atoms with Crippen molar-refractivity contribution in [3.8, 4) is 5.75 Å². The van der Waals surface area contributed by atoms with Crippen molar-refractivity contribution < 1.29 is 35.7 Å². The van der Waals surface area contributed by atoms with Gasteiger partial charge in [0.2, 0.25) is 0 Å². The molecule has 3 N–H and O–H groups in total. The summed E-state index contributed by atoms with van der Waals surface area (Å²) >= 11 is 5.08. The normalized spacial score (nSPS) is 25.5. The number of ether oxygens (including phenoxy) is 2. The second kappa shape index (κ2) is 11.8. The fraction of sp³-hybridized carbons (Fsp3) is 0.522. The van der Waals surface area contributed by atoms with Gasteiger partial charge >= 0.3 is 19.4 Å². The molecule has 1 fully saturated rings. The lowest BCUT2D eigenvalue weighted by Crippen LogP contribution is -2.37. The Balaban J connectivity index is 1.90. The zero-order valence-corrected chi connectivity index (χ0v) is 22.2. The average Bonchev–Trinajstić information content (AvgIpc) is 3.11. The Labute approximate surface area is 217 Å². The summed E-state index contributed by atoms with van der Waals surface area (Å²) in [6, 6.07) is 6.63. The van der Waals surface area contributed by atoms with Gasteiger partial charge in [-0.05, 0) is 39.8 Å². The SMILES string of the molecule is [2H]C([2H])(O[P@](=O)(N[C@@H](C)C(=O)OC(C)C)Oc1ccccc1)[C@@H]1O[C@H](n2cc(C)c(=S)[nH]c2=O)[C@H](C)C1O. The summed E-state index contributed by atoms with van der Waals surface area (Å²) in [4.78, 5) is 27.4. The van der Waals surface area contributed by atoms with E-state index in [2.05, 4.69) is 10.1 Å². The Morgan fingerprint density at radius 1 is 1.36 bits per heavy atom. The van der Waals surface area contributed by atoms with Crippen molar-refractivity contribution in [2.24, 2.45) is 5.92 Å². The number of aromatic nitrogens is 2. The molecule has 11 nitrogen and oxygen atoms in total. The number of para-hydroxylation sites is 1. The number of aryl methyl sites for hydroxylation is 1. The summed E-state index contributed by atoms with van der Waals surface area (Å²) in [5.74, 6) is -1.46. The smallest absolute Gasteiger partial charge is 0.459 e.